The number of rotatable bonds is 7. The molecular formula is C13H22N2O. The predicted molar refractivity (Wildman–Crippen MR) is 66.7 cm³/mol. The molecule has 1 rings (SSSR count). The number of nitrogens with one attached hydrogen (secondary N) is 1. The SMILES string of the molecule is CCCCCCCCc1c(C)nc[nH]c1=O. The van der Waals surface area contributed by atoms with Gasteiger partial charge in [0, 0.05) is 11.3 Å². The van der Waals surface area contributed by atoms with Crippen LogP contribution in [-0.2, 0) is 6.42 Å². The Morgan fingerprint density at radius 2 is 1.88 bits per heavy atom. The molecule has 1 heterocycles. The zero-order chi connectivity index (χ0) is 11.8. The van der Waals surface area contributed by atoms with Crippen molar-refractivity contribution in [2.24, 2.45) is 0 Å². The molecule has 1 aromatic heterocycles. The van der Waals surface area contributed by atoms with Gasteiger partial charge in [-0.25, -0.2) is 4.98 Å². The third kappa shape index (κ3) is 4.17. The highest BCUT2D eigenvalue weighted by atomic mass is 16.1. The van der Waals surface area contributed by atoms with Gasteiger partial charge in [-0.3, -0.25) is 4.79 Å². The molecule has 0 saturated heterocycles. The van der Waals surface area contributed by atoms with E-state index in [1.54, 1.807) is 0 Å². The van der Waals surface area contributed by atoms with Gasteiger partial charge in [-0.05, 0) is 19.8 Å². The van der Waals surface area contributed by atoms with Crippen molar-refractivity contribution in [3.8, 4) is 0 Å². The first-order chi connectivity index (χ1) is 7.75. The van der Waals surface area contributed by atoms with E-state index in [4.69, 9.17) is 0 Å². The van der Waals surface area contributed by atoms with Crippen molar-refractivity contribution >= 4 is 0 Å². The summed E-state index contributed by atoms with van der Waals surface area (Å²) in [7, 11) is 0. The fraction of sp³-hybridized carbons (Fsp3) is 0.692. The van der Waals surface area contributed by atoms with Crippen LogP contribution in [0.5, 0.6) is 0 Å². The van der Waals surface area contributed by atoms with Gasteiger partial charge in [0.2, 0.25) is 0 Å². The third-order valence-corrected chi connectivity index (χ3v) is 2.94. The van der Waals surface area contributed by atoms with Crippen molar-refractivity contribution in [1.29, 1.82) is 0 Å². The standard InChI is InChI=1S/C13H22N2O/c1-3-4-5-6-7-8-9-12-11(2)14-10-15-13(12)16/h10H,3-9H2,1-2H3,(H,14,15,16). The summed E-state index contributed by atoms with van der Waals surface area (Å²) in [6, 6.07) is 0. The lowest BCUT2D eigenvalue weighted by molar-refractivity contribution is 0.605. The van der Waals surface area contributed by atoms with Gasteiger partial charge in [0.1, 0.15) is 0 Å². The number of hydrogen-bond acceptors (Lipinski definition) is 2. The smallest absolute Gasteiger partial charge is 0.254 e. The molecule has 90 valence electrons. The summed E-state index contributed by atoms with van der Waals surface area (Å²) in [5, 5.41) is 0. The number of aromatic amines is 1. The van der Waals surface area contributed by atoms with Crippen LogP contribution in [-0.4, -0.2) is 9.97 Å². The van der Waals surface area contributed by atoms with Crippen LogP contribution in [0.2, 0.25) is 0 Å². The molecule has 0 saturated carbocycles. The molecule has 1 aromatic rings. The molecule has 0 aliphatic heterocycles. The number of aromatic nitrogens is 2. The van der Waals surface area contributed by atoms with Crippen LogP contribution in [0.4, 0.5) is 0 Å². The van der Waals surface area contributed by atoms with Gasteiger partial charge < -0.3 is 4.98 Å². The molecule has 0 bridgehead atoms. The lowest BCUT2D eigenvalue weighted by Crippen LogP contribution is -2.15. The fourth-order valence-corrected chi connectivity index (χ4v) is 1.89. The monoisotopic (exact) mass is 222 g/mol. The summed E-state index contributed by atoms with van der Waals surface area (Å²) in [4.78, 5) is 18.3. The Hall–Kier alpha value is -1.12. The van der Waals surface area contributed by atoms with E-state index in [-0.39, 0.29) is 5.56 Å². The van der Waals surface area contributed by atoms with Gasteiger partial charge in [0.15, 0.2) is 0 Å². The minimum absolute atomic E-state index is 0.0288. The molecule has 0 aliphatic carbocycles. The Balaban J connectivity index is 2.29. The zero-order valence-corrected chi connectivity index (χ0v) is 10.4. The van der Waals surface area contributed by atoms with E-state index in [1.807, 2.05) is 6.92 Å². The topological polar surface area (TPSA) is 45.8 Å². The van der Waals surface area contributed by atoms with Crippen LogP contribution in [0.1, 0.15) is 56.7 Å². The fourth-order valence-electron chi connectivity index (χ4n) is 1.89. The number of unbranched alkanes of at least 4 members (excludes halogenated alkanes) is 5. The highest BCUT2D eigenvalue weighted by Crippen LogP contribution is 2.08. The maximum Gasteiger partial charge on any atom is 0.254 e. The second kappa shape index (κ2) is 7.20. The molecule has 1 N–H and O–H groups in total. The van der Waals surface area contributed by atoms with Gasteiger partial charge in [0.25, 0.3) is 5.56 Å². The van der Waals surface area contributed by atoms with Crippen LogP contribution in [0, 0.1) is 6.92 Å². The van der Waals surface area contributed by atoms with Crippen LogP contribution in [0.3, 0.4) is 0 Å². The molecule has 0 amide bonds. The number of H-pyrrole nitrogens is 1. The highest BCUT2D eigenvalue weighted by Gasteiger charge is 2.03. The van der Waals surface area contributed by atoms with Crippen molar-refractivity contribution in [1.82, 2.24) is 9.97 Å². The Morgan fingerprint density at radius 3 is 2.56 bits per heavy atom. The van der Waals surface area contributed by atoms with Crippen molar-refractivity contribution in [2.45, 2.75) is 58.8 Å². The molecule has 0 atom stereocenters. The average Bonchev–Trinajstić information content (AvgIpc) is 2.26. The largest absolute Gasteiger partial charge is 0.313 e. The van der Waals surface area contributed by atoms with E-state index in [1.165, 1.54) is 38.4 Å². The van der Waals surface area contributed by atoms with Crippen molar-refractivity contribution in [3.63, 3.8) is 0 Å². The van der Waals surface area contributed by atoms with E-state index < -0.39 is 0 Å². The molecule has 0 radical (unpaired) electrons. The number of aryl methyl sites for hydroxylation is 1. The second-order valence-electron chi connectivity index (χ2n) is 4.31. The van der Waals surface area contributed by atoms with E-state index in [0.29, 0.717) is 0 Å². The van der Waals surface area contributed by atoms with Crippen LogP contribution < -0.4 is 5.56 Å². The molecule has 0 fully saturated rings. The molecule has 0 aliphatic rings. The van der Waals surface area contributed by atoms with Gasteiger partial charge >= 0.3 is 0 Å². The summed E-state index contributed by atoms with van der Waals surface area (Å²) >= 11 is 0. The van der Waals surface area contributed by atoms with Crippen LogP contribution >= 0.6 is 0 Å². The zero-order valence-electron chi connectivity index (χ0n) is 10.4. The van der Waals surface area contributed by atoms with E-state index >= 15 is 0 Å². The van der Waals surface area contributed by atoms with E-state index in [9.17, 15) is 4.79 Å². The third-order valence-electron chi connectivity index (χ3n) is 2.94. The summed E-state index contributed by atoms with van der Waals surface area (Å²) < 4.78 is 0. The predicted octanol–water partition coefficient (Wildman–Crippen LogP) is 2.98. The van der Waals surface area contributed by atoms with Gasteiger partial charge in [0.05, 0.1) is 6.33 Å². The first-order valence-electron chi connectivity index (χ1n) is 6.29. The van der Waals surface area contributed by atoms with Crippen LogP contribution in [0.25, 0.3) is 0 Å². The quantitative estimate of drug-likeness (QED) is 0.721. The first-order valence-corrected chi connectivity index (χ1v) is 6.29. The summed E-state index contributed by atoms with van der Waals surface area (Å²) in [5.74, 6) is 0. The summed E-state index contributed by atoms with van der Waals surface area (Å²) in [6.07, 6.45) is 9.86. The number of hydrogen-bond donors (Lipinski definition) is 1. The highest BCUT2D eigenvalue weighted by molar-refractivity contribution is 5.14. The maximum absolute atomic E-state index is 11.5. The lowest BCUT2D eigenvalue weighted by atomic mass is 10.1. The first kappa shape index (κ1) is 12.9. The molecule has 16 heavy (non-hydrogen) atoms. The number of nitrogens with zero attached hydrogens (tertiary/aromatic N) is 1. The van der Waals surface area contributed by atoms with E-state index in [2.05, 4.69) is 16.9 Å². The Morgan fingerprint density at radius 1 is 1.19 bits per heavy atom. The molecule has 3 heteroatoms. The Bertz CT molecular complexity index is 357. The van der Waals surface area contributed by atoms with Gasteiger partial charge in [-0.1, -0.05) is 39.0 Å². The van der Waals surface area contributed by atoms with Crippen molar-refractivity contribution in [3.05, 3.63) is 27.9 Å². The molecule has 0 aromatic carbocycles. The molecule has 0 spiro atoms. The van der Waals surface area contributed by atoms with Crippen molar-refractivity contribution in [2.75, 3.05) is 0 Å². The van der Waals surface area contributed by atoms with E-state index in [0.717, 1.165) is 24.1 Å². The van der Waals surface area contributed by atoms with Crippen molar-refractivity contribution < 1.29 is 0 Å². The van der Waals surface area contributed by atoms with Gasteiger partial charge in [-0.15, -0.1) is 0 Å². The minimum Gasteiger partial charge on any atom is -0.313 e. The summed E-state index contributed by atoms with van der Waals surface area (Å²) in [5.41, 5.74) is 1.76. The Kier molecular flexibility index (Phi) is 5.83. The molecule has 0 unspecified atom stereocenters. The van der Waals surface area contributed by atoms with Crippen LogP contribution in [0.15, 0.2) is 11.1 Å². The average molecular weight is 222 g/mol. The lowest BCUT2D eigenvalue weighted by Gasteiger charge is -2.03. The minimum atomic E-state index is 0.0288. The second-order valence-corrected chi connectivity index (χ2v) is 4.31. The molecular weight excluding hydrogens is 200 g/mol. The van der Waals surface area contributed by atoms with Gasteiger partial charge in [-0.2, -0.15) is 0 Å². The Labute approximate surface area is 97.3 Å². The normalized spacial score (nSPS) is 10.6. The maximum atomic E-state index is 11.5. The molecule has 3 nitrogen and oxygen atoms in total. The summed E-state index contributed by atoms with van der Waals surface area (Å²) in [6.45, 7) is 4.13.